The molecule has 2 aromatic carbocycles. The minimum Gasteiger partial charge on any atom is -0.496 e. The number of benzene rings is 2. The number of nitriles is 1. The predicted molar refractivity (Wildman–Crippen MR) is 111 cm³/mol. The summed E-state index contributed by atoms with van der Waals surface area (Å²) in [7, 11) is 1.65. The number of methoxy groups -OCH3 is 1. The van der Waals surface area contributed by atoms with Crippen LogP contribution in [0, 0.1) is 18.3 Å². The van der Waals surface area contributed by atoms with Crippen LogP contribution in [0.5, 0.6) is 5.75 Å². The van der Waals surface area contributed by atoms with Crippen LogP contribution in [-0.2, 0) is 0 Å². The van der Waals surface area contributed by atoms with Crippen molar-refractivity contribution in [1.82, 2.24) is 9.97 Å². The lowest BCUT2D eigenvalue weighted by Crippen LogP contribution is -2.21. The molecule has 0 saturated heterocycles. The van der Waals surface area contributed by atoms with E-state index in [1.807, 2.05) is 43.3 Å². The van der Waals surface area contributed by atoms with Gasteiger partial charge in [0.2, 0.25) is 0 Å². The zero-order valence-electron chi connectivity index (χ0n) is 16.2. The Labute approximate surface area is 159 Å². The van der Waals surface area contributed by atoms with E-state index in [2.05, 4.69) is 40.9 Å². The Hall–Kier alpha value is -3.26. The number of hydrogen-bond acceptors (Lipinski definition) is 4. The molecule has 0 unspecified atom stereocenters. The third-order valence-corrected chi connectivity index (χ3v) is 4.66. The Bertz CT molecular complexity index is 1020. The van der Waals surface area contributed by atoms with Gasteiger partial charge in [-0.1, -0.05) is 6.07 Å². The third kappa shape index (κ3) is 3.80. The number of H-pyrrole nitrogens is 1. The molecule has 0 radical (unpaired) electrons. The van der Waals surface area contributed by atoms with Crippen molar-refractivity contribution in [3.8, 4) is 11.8 Å². The highest BCUT2D eigenvalue weighted by molar-refractivity contribution is 5.91. The van der Waals surface area contributed by atoms with Crippen molar-refractivity contribution < 1.29 is 4.74 Å². The molecule has 1 heterocycles. The standard InChI is InChI=1S/C22H24N4O/c1-5-26(6-2)18-9-8-16(21(13-18)27-4)12-17(14-23)22-24-19-10-7-15(3)11-20(19)25-22/h7-13H,5-6H2,1-4H3,(H,24,25)/b17-12-. The van der Waals surface area contributed by atoms with Crippen molar-refractivity contribution in [1.29, 1.82) is 5.26 Å². The van der Waals surface area contributed by atoms with Crippen molar-refractivity contribution in [2.24, 2.45) is 0 Å². The second-order valence-electron chi connectivity index (χ2n) is 6.37. The zero-order chi connectivity index (χ0) is 19.4. The lowest BCUT2D eigenvalue weighted by atomic mass is 10.1. The minimum absolute atomic E-state index is 0.470. The number of aryl methyl sites for hydroxylation is 1. The number of anilines is 1. The summed E-state index contributed by atoms with van der Waals surface area (Å²) in [6, 6.07) is 14.3. The molecule has 0 spiro atoms. The average molecular weight is 360 g/mol. The van der Waals surface area contributed by atoms with Gasteiger partial charge in [0.05, 0.1) is 23.7 Å². The molecule has 0 fully saturated rings. The Morgan fingerprint density at radius 3 is 2.67 bits per heavy atom. The van der Waals surface area contributed by atoms with Gasteiger partial charge in [-0.3, -0.25) is 0 Å². The van der Waals surface area contributed by atoms with Crippen LogP contribution in [0.1, 0.15) is 30.8 Å². The van der Waals surface area contributed by atoms with E-state index in [-0.39, 0.29) is 0 Å². The predicted octanol–water partition coefficient (Wildman–Crippen LogP) is 4.79. The monoisotopic (exact) mass is 360 g/mol. The van der Waals surface area contributed by atoms with Crippen molar-refractivity contribution in [2.75, 3.05) is 25.1 Å². The van der Waals surface area contributed by atoms with Gasteiger partial charge in [-0.25, -0.2) is 4.98 Å². The molecule has 1 N–H and O–H groups in total. The zero-order valence-corrected chi connectivity index (χ0v) is 16.2. The smallest absolute Gasteiger partial charge is 0.149 e. The van der Waals surface area contributed by atoms with Crippen LogP contribution in [0.3, 0.4) is 0 Å². The maximum Gasteiger partial charge on any atom is 0.149 e. The number of aromatic nitrogens is 2. The second-order valence-corrected chi connectivity index (χ2v) is 6.37. The SMILES string of the molecule is CCN(CC)c1ccc(/C=C(/C#N)c2nc3ccc(C)cc3[nH]2)c(OC)c1. The topological polar surface area (TPSA) is 64.9 Å². The van der Waals surface area contributed by atoms with E-state index in [1.54, 1.807) is 7.11 Å². The van der Waals surface area contributed by atoms with Crippen LogP contribution in [0.25, 0.3) is 22.7 Å². The van der Waals surface area contributed by atoms with Gasteiger partial charge in [0, 0.05) is 30.4 Å². The van der Waals surface area contributed by atoms with E-state index in [0.717, 1.165) is 46.7 Å². The van der Waals surface area contributed by atoms with E-state index < -0.39 is 0 Å². The number of allylic oxidation sites excluding steroid dienone is 1. The third-order valence-electron chi connectivity index (χ3n) is 4.66. The molecule has 0 aliphatic heterocycles. The number of imidazole rings is 1. The number of hydrogen-bond donors (Lipinski definition) is 1. The molecule has 0 atom stereocenters. The largest absolute Gasteiger partial charge is 0.496 e. The first-order valence-corrected chi connectivity index (χ1v) is 9.11. The number of nitrogens with one attached hydrogen (secondary N) is 1. The lowest BCUT2D eigenvalue weighted by molar-refractivity contribution is 0.414. The van der Waals surface area contributed by atoms with Crippen LogP contribution in [0.15, 0.2) is 36.4 Å². The van der Waals surface area contributed by atoms with Gasteiger partial charge in [-0.05, 0) is 56.7 Å². The first-order valence-electron chi connectivity index (χ1n) is 9.11. The van der Waals surface area contributed by atoms with Crippen molar-refractivity contribution in [2.45, 2.75) is 20.8 Å². The highest BCUT2D eigenvalue weighted by Gasteiger charge is 2.11. The Morgan fingerprint density at radius 1 is 1.22 bits per heavy atom. The van der Waals surface area contributed by atoms with Gasteiger partial charge in [-0.2, -0.15) is 5.26 Å². The van der Waals surface area contributed by atoms with E-state index in [9.17, 15) is 5.26 Å². The molecule has 0 bridgehead atoms. The summed E-state index contributed by atoms with van der Waals surface area (Å²) >= 11 is 0. The molecule has 5 heteroatoms. The molecule has 27 heavy (non-hydrogen) atoms. The molecule has 0 amide bonds. The average Bonchev–Trinajstić information content (AvgIpc) is 3.10. The van der Waals surface area contributed by atoms with E-state index in [4.69, 9.17) is 4.74 Å². The normalized spacial score (nSPS) is 11.4. The van der Waals surface area contributed by atoms with Crippen molar-refractivity contribution in [3.05, 3.63) is 53.3 Å². The fourth-order valence-corrected chi connectivity index (χ4v) is 3.16. The van der Waals surface area contributed by atoms with Crippen LogP contribution in [-0.4, -0.2) is 30.2 Å². The van der Waals surface area contributed by atoms with Gasteiger partial charge >= 0.3 is 0 Å². The molecule has 138 valence electrons. The van der Waals surface area contributed by atoms with Gasteiger partial charge in [0.1, 0.15) is 17.6 Å². The van der Waals surface area contributed by atoms with Crippen LogP contribution in [0.2, 0.25) is 0 Å². The van der Waals surface area contributed by atoms with Gasteiger partial charge in [0.15, 0.2) is 0 Å². The van der Waals surface area contributed by atoms with Crippen molar-refractivity contribution in [3.63, 3.8) is 0 Å². The fourth-order valence-electron chi connectivity index (χ4n) is 3.16. The summed E-state index contributed by atoms with van der Waals surface area (Å²) in [5.41, 5.74) is 5.34. The van der Waals surface area contributed by atoms with Gasteiger partial charge in [-0.15, -0.1) is 0 Å². The highest BCUT2D eigenvalue weighted by Crippen LogP contribution is 2.29. The molecule has 0 aliphatic carbocycles. The molecule has 1 aromatic heterocycles. The summed E-state index contributed by atoms with van der Waals surface area (Å²) in [5, 5.41) is 9.68. The second kappa shape index (κ2) is 7.96. The lowest BCUT2D eigenvalue weighted by Gasteiger charge is -2.22. The number of aromatic amines is 1. The van der Waals surface area contributed by atoms with E-state index in [0.29, 0.717) is 11.4 Å². The van der Waals surface area contributed by atoms with Crippen LogP contribution >= 0.6 is 0 Å². The Balaban J connectivity index is 2.03. The van der Waals surface area contributed by atoms with Crippen LogP contribution < -0.4 is 9.64 Å². The molecule has 3 rings (SSSR count). The molecule has 3 aromatic rings. The highest BCUT2D eigenvalue weighted by atomic mass is 16.5. The summed E-state index contributed by atoms with van der Waals surface area (Å²) in [6.45, 7) is 8.14. The molecule has 0 aliphatic rings. The molecule has 5 nitrogen and oxygen atoms in total. The first kappa shape index (κ1) is 18.5. The molecular weight excluding hydrogens is 336 g/mol. The van der Waals surface area contributed by atoms with Gasteiger partial charge in [0.25, 0.3) is 0 Å². The first-order chi connectivity index (χ1) is 13.1. The molecule has 0 saturated carbocycles. The fraction of sp³-hybridized carbons (Fsp3) is 0.273. The number of ether oxygens (including phenoxy) is 1. The van der Waals surface area contributed by atoms with Crippen molar-refractivity contribution >= 4 is 28.4 Å². The Morgan fingerprint density at radius 2 is 2.00 bits per heavy atom. The maximum absolute atomic E-state index is 9.68. The summed E-state index contributed by atoms with van der Waals surface area (Å²) in [6.07, 6.45) is 1.81. The van der Waals surface area contributed by atoms with E-state index >= 15 is 0 Å². The van der Waals surface area contributed by atoms with E-state index in [1.165, 1.54) is 0 Å². The minimum atomic E-state index is 0.470. The Kier molecular flexibility index (Phi) is 5.46. The number of rotatable bonds is 6. The molecular formula is C22H24N4O. The summed E-state index contributed by atoms with van der Waals surface area (Å²) in [4.78, 5) is 10.0. The van der Waals surface area contributed by atoms with Crippen LogP contribution in [0.4, 0.5) is 5.69 Å². The number of nitrogens with zero attached hydrogens (tertiary/aromatic N) is 3. The summed E-state index contributed by atoms with van der Waals surface area (Å²) < 4.78 is 5.57. The maximum atomic E-state index is 9.68. The summed E-state index contributed by atoms with van der Waals surface area (Å²) in [5.74, 6) is 1.30. The quantitative estimate of drug-likeness (QED) is 0.642. The van der Waals surface area contributed by atoms with Gasteiger partial charge < -0.3 is 14.6 Å². The number of fused-ring (bicyclic) bond motifs is 1.